The molecule has 0 aromatic heterocycles. The fourth-order valence-corrected chi connectivity index (χ4v) is 1.93. The van der Waals surface area contributed by atoms with Crippen molar-refractivity contribution in [3.05, 3.63) is 29.8 Å². The molecule has 0 amide bonds. The van der Waals surface area contributed by atoms with E-state index in [2.05, 4.69) is 39.4 Å². The van der Waals surface area contributed by atoms with Crippen LogP contribution >= 0.6 is 0 Å². The van der Waals surface area contributed by atoms with Crippen LogP contribution in [-0.2, 0) is 5.54 Å². The Bertz CT molecular complexity index is 375. The largest absolute Gasteiger partial charge is 0.394 e. The van der Waals surface area contributed by atoms with Crippen LogP contribution in [-0.4, -0.2) is 57.9 Å². The van der Waals surface area contributed by atoms with Gasteiger partial charge in [0.15, 0.2) is 0 Å². The average molecular weight is 265 g/mol. The van der Waals surface area contributed by atoms with Crippen molar-refractivity contribution >= 4 is 5.69 Å². The highest BCUT2D eigenvalue weighted by Gasteiger charge is 2.24. The molecule has 108 valence electrons. The summed E-state index contributed by atoms with van der Waals surface area (Å²) in [6.07, 6.45) is 0. The Hall–Kier alpha value is -1.10. The maximum Gasteiger partial charge on any atom is 0.0652 e. The van der Waals surface area contributed by atoms with Gasteiger partial charge in [0, 0.05) is 32.9 Å². The van der Waals surface area contributed by atoms with Crippen LogP contribution in [0.3, 0.4) is 0 Å². The predicted molar refractivity (Wildman–Crippen MR) is 81.8 cm³/mol. The number of likely N-dealkylation sites (N-methyl/N-ethyl adjacent to an activating group) is 1. The highest BCUT2D eigenvalue weighted by Crippen LogP contribution is 2.22. The molecule has 0 spiro atoms. The van der Waals surface area contributed by atoms with Crippen molar-refractivity contribution in [1.82, 2.24) is 10.2 Å². The van der Waals surface area contributed by atoms with Gasteiger partial charge in [-0.2, -0.15) is 0 Å². The number of hydrogen-bond acceptors (Lipinski definition) is 4. The molecule has 4 heteroatoms. The van der Waals surface area contributed by atoms with Crippen molar-refractivity contribution < 1.29 is 5.11 Å². The van der Waals surface area contributed by atoms with Crippen LogP contribution in [0.2, 0.25) is 0 Å². The van der Waals surface area contributed by atoms with E-state index in [1.54, 1.807) is 0 Å². The van der Waals surface area contributed by atoms with Crippen LogP contribution in [0.4, 0.5) is 5.69 Å². The lowest BCUT2D eigenvalue weighted by atomic mass is 9.92. The number of nitrogens with zero attached hydrogens (tertiary/aromatic N) is 2. The molecule has 2 N–H and O–H groups in total. The molecule has 1 aromatic rings. The standard InChI is InChI=1S/C15H27N3O/c1-15(12-19,16-10-11-17(2)3)13-6-8-14(9-7-13)18(4)5/h6-9,16,19H,10-12H2,1-5H3. The summed E-state index contributed by atoms with van der Waals surface area (Å²) in [6.45, 7) is 3.92. The molecule has 0 bridgehead atoms. The van der Waals surface area contributed by atoms with Crippen molar-refractivity contribution in [3.8, 4) is 0 Å². The van der Waals surface area contributed by atoms with Gasteiger partial charge in [-0.1, -0.05) is 12.1 Å². The first kappa shape index (κ1) is 16.0. The van der Waals surface area contributed by atoms with E-state index in [-0.39, 0.29) is 12.1 Å². The van der Waals surface area contributed by atoms with E-state index in [9.17, 15) is 5.11 Å². The SMILES string of the molecule is CN(C)CCNC(C)(CO)c1ccc(N(C)C)cc1. The van der Waals surface area contributed by atoms with Crippen molar-refractivity contribution in [1.29, 1.82) is 0 Å². The predicted octanol–water partition coefficient (Wildman–Crippen LogP) is 1.11. The Kier molecular flexibility index (Phi) is 5.79. The van der Waals surface area contributed by atoms with Gasteiger partial charge >= 0.3 is 0 Å². The van der Waals surface area contributed by atoms with Crippen LogP contribution in [0.25, 0.3) is 0 Å². The zero-order valence-electron chi connectivity index (χ0n) is 12.8. The van der Waals surface area contributed by atoms with E-state index in [1.807, 2.05) is 35.1 Å². The molecule has 0 saturated carbocycles. The van der Waals surface area contributed by atoms with Gasteiger partial charge in [0.2, 0.25) is 0 Å². The molecule has 19 heavy (non-hydrogen) atoms. The summed E-state index contributed by atoms with van der Waals surface area (Å²) in [4.78, 5) is 4.19. The van der Waals surface area contributed by atoms with E-state index >= 15 is 0 Å². The Balaban J connectivity index is 2.76. The van der Waals surface area contributed by atoms with E-state index in [0.717, 1.165) is 24.3 Å². The normalized spacial score (nSPS) is 14.5. The molecule has 4 nitrogen and oxygen atoms in total. The number of aliphatic hydroxyl groups excluding tert-OH is 1. The smallest absolute Gasteiger partial charge is 0.0652 e. The number of rotatable bonds is 7. The minimum Gasteiger partial charge on any atom is -0.394 e. The molecule has 0 saturated heterocycles. The van der Waals surface area contributed by atoms with Gasteiger partial charge in [0.05, 0.1) is 12.1 Å². The molecule has 0 heterocycles. The van der Waals surface area contributed by atoms with Gasteiger partial charge in [-0.05, 0) is 38.7 Å². The lowest BCUT2D eigenvalue weighted by Gasteiger charge is -2.30. The third kappa shape index (κ3) is 4.49. The Morgan fingerprint density at radius 3 is 2.11 bits per heavy atom. The Morgan fingerprint density at radius 1 is 1.11 bits per heavy atom. The lowest BCUT2D eigenvalue weighted by molar-refractivity contribution is 0.172. The molecule has 0 radical (unpaired) electrons. The second kappa shape index (κ2) is 6.89. The van der Waals surface area contributed by atoms with Crippen molar-refractivity contribution in [2.75, 3.05) is 52.8 Å². The third-order valence-electron chi connectivity index (χ3n) is 3.41. The van der Waals surface area contributed by atoms with Crippen molar-refractivity contribution in [3.63, 3.8) is 0 Å². The number of aliphatic hydroxyl groups is 1. The van der Waals surface area contributed by atoms with Gasteiger partial charge in [0.25, 0.3) is 0 Å². The molecule has 0 aliphatic rings. The van der Waals surface area contributed by atoms with Crippen LogP contribution in [0, 0.1) is 0 Å². The minimum absolute atomic E-state index is 0.0851. The summed E-state index contributed by atoms with van der Waals surface area (Å²) in [5.41, 5.74) is 1.89. The second-order valence-corrected chi connectivity index (χ2v) is 5.66. The fourth-order valence-electron chi connectivity index (χ4n) is 1.93. The van der Waals surface area contributed by atoms with Gasteiger partial charge in [-0.3, -0.25) is 0 Å². The fraction of sp³-hybridized carbons (Fsp3) is 0.600. The molecule has 0 aliphatic heterocycles. The first-order valence-corrected chi connectivity index (χ1v) is 6.67. The second-order valence-electron chi connectivity index (χ2n) is 5.66. The number of anilines is 1. The molecular weight excluding hydrogens is 238 g/mol. The molecule has 1 rings (SSSR count). The summed E-state index contributed by atoms with van der Waals surface area (Å²) in [5.74, 6) is 0. The summed E-state index contributed by atoms with van der Waals surface area (Å²) < 4.78 is 0. The molecule has 1 aromatic carbocycles. The van der Waals surface area contributed by atoms with Gasteiger partial charge in [-0.25, -0.2) is 0 Å². The van der Waals surface area contributed by atoms with E-state index < -0.39 is 0 Å². The summed E-state index contributed by atoms with van der Waals surface area (Å²) >= 11 is 0. The third-order valence-corrected chi connectivity index (χ3v) is 3.41. The average Bonchev–Trinajstić information content (AvgIpc) is 2.38. The summed E-state index contributed by atoms with van der Waals surface area (Å²) in [5, 5.41) is 13.1. The maximum absolute atomic E-state index is 9.70. The molecule has 1 unspecified atom stereocenters. The van der Waals surface area contributed by atoms with Gasteiger partial charge in [-0.15, -0.1) is 0 Å². The molecule has 0 fully saturated rings. The topological polar surface area (TPSA) is 38.7 Å². The first-order chi connectivity index (χ1) is 8.89. The Labute approximate surface area is 117 Å². The van der Waals surface area contributed by atoms with E-state index in [1.165, 1.54) is 0 Å². The quantitative estimate of drug-likeness (QED) is 0.775. The zero-order chi connectivity index (χ0) is 14.5. The maximum atomic E-state index is 9.70. The number of hydrogen-bond donors (Lipinski definition) is 2. The summed E-state index contributed by atoms with van der Waals surface area (Å²) in [7, 11) is 8.14. The van der Waals surface area contributed by atoms with Gasteiger partial charge in [0.1, 0.15) is 0 Å². The number of benzene rings is 1. The van der Waals surface area contributed by atoms with Crippen LogP contribution in [0.5, 0.6) is 0 Å². The minimum atomic E-state index is -0.388. The van der Waals surface area contributed by atoms with Crippen molar-refractivity contribution in [2.24, 2.45) is 0 Å². The first-order valence-electron chi connectivity index (χ1n) is 6.67. The monoisotopic (exact) mass is 265 g/mol. The zero-order valence-corrected chi connectivity index (χ0v) is 12.8. The van der Waals surface area contributed by atoms with Crippen LogP contribution < -0.4 is 10.2 Å². The van der Waals surface area contributed by atoms with E-state index in [0.29, 0.717) is 0 Å². The molecule has 1 atom stereocenters. The van der Waals surface area contributed by atoms with E-state index in [4.69, 9.17) is 0 Å². The number of nitrogens with one attached hydrogen (secondary N) is 1. The Morgan fingerprint density at radius 2 is 1.68 bits per heavy atom. The highest BCUT2D eigenvalue weighted by molar-refractivity contribution is 5.47. The molecular formula is C15H27N3O. The summed E-state index contributed by atoms with van der Waals surface area (Å²) in [6, 6.07) is 8.32. The molecule has 0 aliphatic carbocycles. The van der Waals surface area contributed by atoms with Gasteiger partial charge < -0.3 is 20.2 Å². The lowest BCUT2D eigenvalue weighted by Crippen LogP contribution is -2.45. The van der Waals surface area contributed by atoms with Crippen LogP contribution in [0.1, 0.15) is 12.5 Å². The highest BCUT2D eigenvalue weighted by atomic mass is 16.3. The van der Waals surface area contributed by atoms with Crippen molar-refractivity contribution in [2.45, 2.75) is 12.5 Å². The van der Waals surface area contributed by atoms with Crippen LogP contribution in [0.15, 0.2) is 24.3 Å².